The summed E-state index contributed by atoms with van der Waals surface area (Å²) in [5, 5.41) is 10.7. The third kappa shape index (κ3) is 4.32. The van der Waals surface area contributed by atoms with Crippen LogP contribution in [0.1, 0.15) is 25.0 Å². The van der Waals surface area contributed by atoms with Crippen molar-refractivity contribution in [2.45, 2.75) is 19.3 Å². The van der Waals surface area contributed by atoms with Crippen molar-refractivity contribution >= 4 is 76.1 Å². The van der Waals surface area contributed by atoms with E-state index in [4.69, 9.17) is 9.97 Å². The zero-order valence-electron chi connectivity index (χ0n) is 32.6. The zero-order chi connectivity index (χ0) is 39.0. The van der Waals surface area contributed by atoms with Gasteiger partial charge in [-0.25, -0.2) is 9.97 Å². The second kappa shape index (κ2) is 11.7. The van der Waals surface area contributed by atoms with Gasteiger partial charge in [-0.05, 0) is 63.4 Å². The first-order chi connectivity index (χ1) is 29.1. The van der Waals surface area contributed by atoms with Gasteiger partial charge < -0.3 is 4.57 Å². The fraction of sp³-hybridized carbons (Fsp3) is 0.0545. The number of rotatable bonds is 3. The standard InChI is InChI=1S/C55H36N4/c1-55(2)43-25-11-7-21-39(43)49-42(24-15-26-44(49)55)53-56-45-27-12-8-22-40(45)54(57-53)58-47-29-14-10-23-41(47)50-48(58)32-34-17-4-6-19-36(34)52(50)59-46-28-13-9-20-37(46)38-31-30-33-16-3-5-18-35(33)51(38)59/h3-32H,1-2H3. The van der Waals surface area contributed by atoms with Crippen molar-refractivity contribution in [1.29, 1.82) is 0 Å². The van der Waals surface area contributed by atoms with Gasteiger partial charge in [-0.1, -0.05) is 166 Å². The van der Waals surface area contributed by atoms with E-state index < -0.39 is 0 Å². The molecule has 12 aromatic rings. The maximum atomic E-state index is 5.67. The van der Waals surface area contributed by atoms with Crippen LogP contribution < -0.4 is 0 Å². The number of para-hydroxylation sites is 3. The van der Waals surface area contributed by atoms with Gasteiger partial charge in [0.15, 0.2) is 5.82 Å². The lowest BCUT2D eigenvalue weighted by Crippen LogP contribution is -2.14. The van der Waals surface area contributed by atoms with E-state index in [1.807, 2.05) is 0 Å². The summed E-state index contributed by atoms with van der Waals surface area (Å²) in [6.07, 6.45) is 0. The van der Waals surface area contributed by atoms with Crippen LogP contribution in [0.15, 0.2) is 182 Å². The molecule has 3 heterocycles. The Morgan fingerprint density at radius 2 is 1.05 bits per heavy atom. The molecule has 3 aromatic heterocycles. The molecule has 4 nitrogen and oxygen atoms in total. The quantitative estimate of drug-likeness (QED) is 0.180. The summed E-state index contributed by atoms with van der Waals surface area (Å²) in [7, 11) is 0. The van der Waals surface area contributed by atoms with Gasteiger partial charge >= 0.3 is 0 Å². The van der Waals surface area contributed by atoms with E-state index in [1.54, 1.807) is 0 Å². The minimum absolute atomic E-state index is 0.135. The SMILES string of the molecule is CC1(C)c2ccccc2-c2c(-c3nc(-n4c5ccccc5c5c(-n6c7ccccc7c7ccc8ccccc8c76)c6ccccc6cc54)c4ccccc4n3)cccc21. The summed E-state index contributed by atoms with van der Waals surface area (Å²) in [5.41, 5.74) is 12.7. The molecule has 0 fully saturated rings. The number of fused-ring (bicyclic) bond motifs is 13. The van der Waals surface area contributed by atoms with Gasteiger partial charge in [0.1, 0.15) is 5.82 Å². The molecule has 0 spiro atoms. The lowest BCUT2D eigenvalue weighted by molar-refractivity contribution is 0.660. The van der Waals surface area contributed by atoms with Crippen LogP contribution >= 0.6 is 0 Å². The van der Waals surface area contributed by atoms with Crippen molar-refractivity contribution in [2.24, 2.45) is 0 Å². The summed E-state index contributed by atoms with van der Waals surface area (Å²) in [6.45, 7) is 4.65. The van der Waals surface area contributed by atoms with Gasteiger partial charge in [-0.3, -0.25) is 4.57 Å². The Labute approximate surface area is 340 Å². The van der Waals surface area contributed by atoms with Gasteiger partial charge in [-0.15, -0.1) is 0 Å². The fourth-order valence-corrected chi connectivity index (χ4v) is 10.5. The molecule has 1 aliphatic rings. The smallest absolute Gasteiger partial charge is 0.162 e. The number of hydrogen-bond donors (Lipinski definition) is 0. The summed E-state index contributed by atoms with van der Waals surface area (Å²) >= 11 is 0. The van der Waals surface area contributed by atoms with Crippen LogP contribution in [-0.4, -0.2) is 19.1 Å². The van der Waals surface area contributed by atoms with Crippen molar-refractivity contribution in [3.63, 3.8) is 0 Å². The van der Waals surface area contributed by atoms with Crippen molar-refractivity contribution < 1.29 is 0 Å². The van der Waals surface area contributed by atoms with Crippen molar-refractivity contribution in [3.05, 3.63) is 193 Å². The third-order valence-electron chi connectivity index (χ3n) is 13.1. The minimum atomic E-state index is -0.135. The molecule has 0 aliphatic heterocycles. The molecule has 13 rings (SSSR count). The van der Waals surface area contributed by atoms with E-state index in [1.165, 1.54) is 82.1 Å². The molecular weight excluding hydrogens is 717 g/mol. The molecule has 0 atom stereocenters. The molecule has 1 aliphatic carbocycles. The Morgan fingerprint density at radius 1 is 0.424 bits per heavy atom. The molecule has 0 N–H and O–H groups in total. The maximum absolute atomic E-state index is 5.67. The van der Waals surface area contributed by atoms with E-state index in [9.17, 15) is 0 Å². The Morgan fingerprint density at radius 3 is 1.90 bits per heavy atom. The Balaban J connectivity index is 1.20. The Bertz CT molecular complexity index is 3770. The largest absolute Gasteiger partial charge is 0.307 e. The van der Waals surface area contributed by atoms with E-state index >= 15 is 0 Å². The molecule has 0 unspecified atom stereocenters. The molecule has 9 aromatic carbocycles. The summed E-state index contributed by atoms with van der Waals surface area (Å²) in [5.74, 6) is 1.60. The molecule has 4 heteroatoms. The van der Waals surface area contributed by atoms with Crippen molar-refractivity contribution in [3.8, 4) is 34.0 Å². The Kier molecular flexibility index (Phi) is 6.48. The van der Waals surface area contributed by atoms with Crippen LogP contribution in [-0.2, 0) is 5.41 Å². The predicted octanol–water partition coefficient (Wildman–Crippen LogP) is 14.1. The van der Waals surface area contributed by atoms with E-state index in [2.05, 4.69) is 205 Å². The van der Waals surface area contributed by atoms with Crippen LogP contribution in [0, 0.1) is 0 Å². The highest BCUT2D eigenvalue weighted by Crippen LogP contribution is 2.52. The average molecular weight is 753 g/mol. The second-order valence-electron chi connectivity index (χ2n) is 16.5. The molecule has 0 amide bonds. The molecular formula is C55H36N4. The Hall–Kier alpha value is -7.56. The highest BCUT2D eigenvalue weighted by Gasteiger charge is 2.37. The number of nitrogens with zero attached hydrogens (tertiary/aromatic N) is 4. The van der Waals surface area contributed by atoms with E-state index in [0.717, 1.165) is 39.1 Å². The van der Waals surface area contributed by atoms with Crippen LogP contribution in [0.2, 0.25) is 0 Å². The topological polar surface area (TPSA) is 35.6 Å². The van der Waals surface area contributed by atoms with Crippen LogP contribution in [0.4, 0.5) is 0 Å². The first-order valence-electron chi connectivity index (χ1n) is 20.4. The van der Waals surface area contributed by atoms with Gasteiger partial charge in [0, 0.05) is 48.7 Å². The van der Waals surface area contributed by atoms with Gasteiger partial charge in [0.05, 0.1) is 33.3 Å². The molecule has 0 radical (unpaired) electrons. The number of aromatic nitrogens is 4. The van der Waals surface area contributed by atoms with Crippen LogP contribution in [0.25, 0.3) is 110 Å². The fourth-order valence-electron chi connectivity index (χ4n) is 10.5. The molecule has 0 saturated heterocycles. The summed E-state index contributed by atoms with van der Waals surface area (Å²) in [6, 6.07) is 66.3. The van der Waals surface area contributed by atoms with Gasteiger partial charge in [0.25, 0.3) is 0 Å². The lowest BCUT2D eigenvalue weighted by atomic mass is 9.82. The normalized spacial score (nSPS) is 13.4. The lowest BCUT2D eigenvalue weighted by Gasteiger charge is -2.21. The van der Waals surface area contributed by atoms with Gasteiger partial charge in [-0.2, -0.15) is 0 Å². The first-order valence-corrected chi connectivity index (χ1v) is 20.4. The average Bonchev–Trinajstić information content (AvgIpc) is 3.88. The van der Waals surface area contributed by atoms with E-state index in [-0.39, 0.29) is 5.41 Å². The molecule has 0 saturated carbocycles. The van der Waals surface area contributed by atoms with Crippen LogP contribution in [0.5, 0.6) is 0 Å². The molecule has 0 bridgehead atoms. The third-order valence-corrected chi connectivity index (χ3v) is 13.1. The summed E-state index contributed by atoms with van der Waals surface area (Å²) in [4.78, 5) is 11.0. The molecule has 59 heavy (non-hydrogen) atoms. The van der Waals surface area contributed by atoms with Crippen LogP contribution in [0.3, 0.4) is 0 Å². The highest BCUT2D eigenvalue weighted by molar-refractivity contribution is 6.25. The van der Waals surface area contributed by atoms with Crippen molar-refractivity contribution in [2.75, 3.05) is 0 Å². The number of hydrogen-bond acceptors (Lipinski definition) is 2. The van der Waals surface area contributed by atoms with Gasteiger partial charge in [0.2, 0.25) is 0 Å². The second-order valence-corrected chi connectivity index (χ2v) is 16.5. The summed E-state index contributed by atoms with van der Waals surface area (Å²) < 4.78 is 4.95. The van der Waals surface area contributed by atoms with Crippen molar-refractivity contribution in [1.82, 2.24) is 19.1 Å². The van der Waals surface area contributed by atoms with E-state index in [0.29, 0.717) is 0 Å². The number of benzene rings is 9. The highest BCUT2D eigenvalue weighted by atomic mass is 15.1. The molecule has 276 valence electrons. The maximum Gasteiger partial charge on any atom is 0.162 e. The minimum Gasteiger partial charge on any atom is -0.307 e. The monoisotopic (exact) mass is 752 g/mol. The first kappa shape index (κ1) is 32.5. The predicted molar refractivity (Wildman–Crippen MR) is 246 cm³/mol. The zero-order valence-corrected chi connectivity index (χ0v) is 32.6.